The fourth-order valence-electron chi connectivity index (χ4n) is 2.80. The second-order valence-corrected chi connectivity index (χ2v) is 7.26. The van der Waals surface area contributed by atoms with E-state index in [0.29, 0.717) is 22.5 Å². The number of rotatable bonds is 4. The quantitative estimate of drug-likeness (QED) is 0.583. The zero-order chi connectivity index (χ0) is 22.8. The zero-order valence-corrected chi connectivity index (χ0v) is 17.1. The van der Waals surface area contributed by atoms with Crippen LogP contribution in [0.5, 0.6) is 0 Å². The third-order valence-corrected chi connectivity index (χ3v) is 4.54. The van der Waals surface area contributed by atoms with Gasteiger partial charge in [-0.15, -0.1) is 0 Å². The Bertz CT molecular complexity index is 1090. The number of amides is 2. The number of carbonyl (C=O) groups excluding carboxylic acids is 2. The van der Waals surface area contributed by atoms with Crippen LogP contribution in [-0.2, 0) is 6.18 Å². The Hall–Kier alpha value is -3.40. The molecule has 0 saturated heterocycles. The number of nitrogens with one attached hydrogen (secondary N) is 2. The molecule has 31 heavy (non-hydrogen) atoms. The summed E-state index contributed by atoms with van der Waals surface area (Å²) in [5.41, 5.74) is 4.57. The van der Waals surface area contributed by atoms with Gasteiger partial charge in [-0.25, -0.2) is 9.67 Å². The van der Waals surface area contributed by atoms with E-state index in [1.807, 2.05) is 0 Å². The van der Waals surface area contributed by atoms with Crippen LogP contribution in [0.3, 0.4) is 0 Å². The summed E-state index contributed by atoms with van der Waals surface area (Å²) in [5, 5.41) is 4.56. The van der Waals surface area contributed by atoms with E-state index in [2.05, 4.69) is 20.9 Å². The Kier molecular flexibility index (Phi) is 6.30. The van der Waals surface area contributed by atoms with Crippen molar-refractivity contribution in [1.29, 1.82) is 0 Å². The number of benzene rings is 1. The topological polar surface area (TPSA) is 88.9 Å². The Labute approximate surface area is 180 Å². The van der Waals surface area contributed by atoms with Crippen LogP contribution < -0.4 is 10.9 Å². The first-order valence-electron chi connectivity index (χ1n) is 9.05. The first-order valence-corrected chi connectivity index (χ1v) is 9.43. The SMILES string of the molecule is CC(C)c1c(C(=O)NNC(=O)c2ccc(Cl)cc2)cnn1-c1ccc(C(F)(F)F)cn1. The molecule has 0 saturated carbocycles. The van der Waals surface area contributed by atoms with Crippen LogP contribution in [0.1, 0.15) is 51.7 Å². The minimum Gasteiger partial charge on any atom is -0.267 e. The number of hydrogen-bond acceptors (Lipinski definition) is 4. The van der Waals surface area contributed by atoms with E-state index in [9.17, 15) is 22.8 Å². The largest absolute Gasteiger partial charge is 0.417 e. The molecule has 0 unspecified atom stereocenters. The molecule has 3 aromatic rings. The summed E-state index contributed by atoms with van der Waals surface area (Å²) in [7, 11) is 0. The summed E-state index contributed by atoms with van der Waals surface area (Å²) in [5.74, 6) is -1.28. The third-order valence-electron chi connectivity index (χ3n) is 4.29. The summed E-state index contributed by atoms with van der Waals surface area (Å²) in [4.78, 5) is 28.6. The number of hydrazine groups is 1. The molecule has 162 valence electrons. The number of pyridine rings is 1. The van der Waals surface area contributed by atoms with E-state index in [0.717, 1.165) is 6.07 Å². The van der Waals surface area contributed by atoms with Crippen molar-refractivity contribution in [3.63, 3.8) is 0 Å². The maximum absolute atomic E-state index is 12.8. The molecule has 2 heterocycles. The highest BCUT2D eigenvalue weighted by molar-refractivity contribution is 6.30. The van der Waals surface area contributed by atoms with Crippen molar-refractivity contribution >= 4 is 23.4 Å². The molecule has 3 rings (SSSR count). The van der Waals surface area contributed by atoms with Crippen LogP contribution in [0.4, 0.5) is 13.2 Å². The van der Waals surface area contributed by atoms with Crippen molar-refractivity contribution in [2.75, 3.05) is 0 Å². The Morgan fingerprint density at radius 3 is 2.19 bits per heavy atom. The average molecular weight is 452 g/mol. The smallest absolute Gasteiger partial charge is 0.267 e. The van der Waals surface area contributed by atoms with Crippen molar-refractivity contribution in [1.82, 2.24) is 25.6 Å². The number of carbonyl (C=O) groups is 2. The van der Waals surface area contributed by atoms with Gasteiger partial charge in [0, 0.05) is 16.8 Å². The van der Waals surface area contributed by atoms with Crippen molar-refractivity contribution in [3.05, 3.63) is 76.2 Å². The summed E-state index contributed by atoms with van der Waals surface area (Å²) in [6.45, 7) is 3.58. The van der Waals surface area contributed by atoms with Gasteiger partial charge in [0.1, 0.15) is 0 Å². The second kappa shape index (κ2) is 8.76. The van der Waals surface area contributed by atoms with Gasteiger partial charge in [0.2, 0.25) is 0 Å². The van der Waals surface area contributed by atoms with Crippen molar-refractivity contribution in [2.24, 2.45) is 0 Å². The van der Waals surface area contributed by atoms with Gasteiger partial charge >= 0.3 is 6.18 Å². The van der Waals surface area contributed by atoms with E-state index in [4.69, 9.17) is 11.6 Å². The Balaban J connectivity index is 1.80. The lowest BCUT2D eigenvalue weighted by Gasteiger charge is -2.13. The lowest BCUT2D eigenvalue weighted by molar-refractivity contribution is -0.137. The van der Waals surface area contributed by atoms with E-state index in [1.54, 1.807) is 13.8 Å². The molecule has 0 aliphatic heterocycles. The first kappa shape index (κ1) is 22.3. The van der Waals surface area contributed by atoms with Gasteiger partial charge in [-0.05, 0) is 42.3 Å². The van der Waals surface area contributed by atoms with Crippen LogP contribution in [0.25, 0.3) is 5.82 Å². The summed E-state index contributed by atoms with van der Waals surface area (Å²) in [6.07, 6.45) is -2.55. The Morgan fingerprint density at radius 2 is 1.65 bits per heavy atom. The molecule has 0 bridgehead atoms. The number of hydrogen-bond donors (Lipinski definition) is 2. The maximum Gasteiger partial charge on any atom is 0.417 e. The first-order chi connectivity index (χ1) is 14.6. The van der Waals surface area contributed by atoms with Crippen molar-refractivity contribution in [2.45, 2.75) is 25.9 Å². The van der Waals surface area contributed by atoms with Crippen LogP contribution in [0.15, 0.2) is 48.8 Å². The molecule has 2 N–H and O–H groups in total. The van der Waals surface area contributed by atoms with Gasteiger partial charge in [0.15, 0.2) is 5.82 Å². The summed E-state index contributed by atoms with van der Waals surface area (Å²) >= 11 is 5.78. The molecule has 7 nitrogen and oxygen atoms in total. The lowest BCUT2D eigenvalue weighted by Crippen LogP contribution is -2.41. The van der Waals surface area contributed by atoms with Crippen LogP contribution in [-0.4, -0.2) is 26.6 Å². The highest BCUT2D eigenvalue weighted by atomic mass is 35.5. The minimum absolute atomic E-state index is 0.126. The van der Waals surface area contributed by atoms with E-state index >= 15 is 0 Å². The number of aromatic nitrogens is 3. The molecular formula is C20H17ClF3N5O2. The number of alkyl halides is 3. The highest BCUT2D eigenvalue weighted by Crippen LogP contribution is 2.29. The molecule has 0 aliphatic rings. The highest BCUT2D eigenvalue weighted by Gasteiger charge is 2.31. The van der Waals surface area contributed by atoms with E-state index in [-0.39, 0.29) is 17.3 Å². The molecule has 1 aromatic carbocycles. The van der Waals surface area contributed by atoms with Crippen LogP contribution >= 0.6 is 11.6 Å². The molecule has 11 heteroatoms. The van der Waals surface area contributed by atoms with Gasteiger partial charge < -0.3 is 0 Å². The molecule has 0 atom stereocenters. The van der Waals surface area contributed by atoms with Crippen molar-refractivity contribution < 1.29 is 22.8 Å². The minimum atomic E-state index is -4.51. The zero-order valence-electron chi connectivity index (χ0n) is 16.4. The molecule has 0 fully saturated rings. The summed E-state index contributed by atoms with van der Waals surface area (Å²) in [6, 6.07) is 8.13. The average Bonchev–Trinajstić information content (AvgIpc) is 3.17. The molecule has 0 radical (unpaired) electrons. The Morgan fingerprint density at radius 1 is 1.00 bits per heavy atom. The van der Waals surface area contributed by atoms with Gasteiger partial charge in [0.25, 0.3) is 11.8 Å². The molecule has 0 aliphatic carbocycles. The molecule has 2 aromatic heterocycles. The fraction of sp³-hybridized carbons (Fsp3) is 0.200. The molecular weight excluding hydrogens is 435 g/mol. The van der Waals surface area contributed by atoms with Crippen LogP contribution in [0, 0.1) is 0 Å². The lowest BCUT2D eigenvalue weighted by atomic mass is 10.1. The predicted octanol–water partition coefficient (Wildman–Crippen LogP) is 4.14. The van der Waals surface area contributed by atoms with Gasteiger partial charge in [-0.1, -0.05) is 25.4 Å². The fourth-order valence-corrected chi connectivity index (χ4v) is 2.93. The normalized spacial score (nSPS) is 11.5. The standard InChI is InChI=1S/C20H17ClF3N5O2/c1-11(2)17-15(19(31)28-27-18(30)12-3-6-14(21)7-4-12)10-26-29(17)16-8-5-13(9-25-16)20(22,23)24/h3-11H,1-2H3,(H,27,30)(H,28,31). The van der Waals surface area contributed by atoms with E-state index in [1.165, 1.54) is 41.2 Å². The van der Waals surface area contributed by atoms with Gasteiger partial charge in [0.05, 0.1) is 23.0 Å². The second-order valence-electron chi connectivity index (χ2n) is 6.83. The number of halogens is 4. The molecule has 0 spiro atoms. The van der Waals surface area contributed by atoms with Crippen LogP contribution in [0.2, 0.25) is 5.02 Å². The van der Waals surface area contributed by atoms with Gasteiger partial charge in [-0.2, -0.15) is 18.3 Å². The third kappa shape index (κ3) is 5.02. The number of nitrogens with zero attached hydrogens (tertiary/aromatic N) is 3. The summed E-state index contributed by atoms with van der Waals surface area (Å²) < 4.78 is 39.6. The van der Waals surface area contributed by atoms with Crippen molar-refractivity contribution in [3.8, 4) is 5.82 Å². The van der Waals surface area contributed by atoms with E-state index < -0.39 is 23.6 Å². The van der Waals surface area contributed by atoms with Gasteiger partial charge in [-0.3, -0.25) is 20.4 Å². The molecule has 2 amide bonds. The maximum atomic E-state index is 12.8. The predicted molar refractivity (Wildman–Crippen MR) is 107 cm³/mol. The monoisotopic (exact) mass is 451 g/mol.